The van der Waals surface area contributed by atoms with E-state index in [2.05, 4.69) is 4.98 Å². The summed E-state index contributed by atoms with van der Waals surface area (Å²) in [5.41, 5.74) is 0. The summed E-state index contributed by atoms with van der Waals surface area (Å²) in [7, 11) is 0. The molecular formula is C7H8ClNOS. The van der Waals surface area contributed by atoms with E-state index >= 15 is 0 Å². The van der Waals surface area contributed by atoms with Gasteiger partial charge in [0.1, 0.15) is 5.03 Å². The minimum atomic E-state index is 0.150. The molecule has 60 valence electrons. The van der Waals surface area contributed by atoms with Gasteiger partial charge in [-0.15, -0.1) is 11.8 Å². The maximum absolute atomic E-state index is 8.53. The van der Waals surface area contributed by atoms with Gasteiger partial charge in [-0.05, 0) is 12.1 Å². The van der Waals surface area contributed by atoms with Crippen LogP contribution in [-0.2, 0) is 0 Å². The van der Waals surface area contributed by atoms with E-state index in [-0.39, 0.29) is 6.61 Å². The second kappa shape index (κ2) is 4.59. The molecule has 4 heteroatoms. The van der Waals surface area contributed by atoms with E-state index in [1.54, 1.807) is 18.3 Å². The molecule has 0 atom stereocenters. The Kier molecular flexibility index (Phi) is 3.69. The Morgan fingerprint density at radius 1 is 1.64 bits per heavy atom. The van der Waals surface area contributed by atoms with Crippen molar-refractivity contribution in [2.24, 2.45) is 0 Å². The van der Waals surface area contributed by atoms with Gasteiger partial charge in [0.05, 0.1) is 11.6 Å². The van der Waals surface area contributed by atoms with Gasteiger partial charge in [0.2, 0.25) is 0 Å². The van der Waals surface area contributed by atoms with Gasteiger partial charge in [-0.3, -0.25) is 0 Å². The molecular weight excluding hydrogens is 182 g/mol. The Bertz CT molecular complexity index is 231. The maximum atomic E-state index is 8.53. The Balaban J connectivity index is 2.62. The lowest BCUT2D eigenvalue weighted by atomic mass is 10.5. The van der Waals surface area contributed by atoms with Gasteiger partial charge in [0.15, 0.2) is 0 Å². The summed E-state index contributed by atoms with van der Waals surface area (Å²) in [5.74, 6) is 0.636. The van der Waals surface area contributed by atoms with E-state index in [0.29, 0.717) is 10.8 Å². The van der Waals surface area contributed by atoms with Crippen molar-refractivity contribution in [1.29, 1.82) is 0 Å². The fraction of sp³-hybridized carbons (Fsp3) is 0.286. The Morgan fingerprint density at radius 3 is 3.09 bits per heavy atom. The third-order valence-corrected chi connectivity index (χ3v) is 2.46. The van der Waals surface area contributed by atoms with Gasteiger partial charge < -0.3 is 5.11 Å². The first kappa shape index (κ1) is 8.84. The molecule has 0 saturated heterocycles. The Hall–Kier alpha value is -0.250. The van der Waals surface area contributed by atoms with Crippen LogP contribution in [-0.4, -0.2) is 22.5 Å². The van der Waals surface area contributed by atoms with Crippen molar-refractivity contribution < 1.29 is 5.11 Å². The van der Waals surface area contributed by atoms with Crippen LogP contribution in [0, 0.1) is 0 Å². The summed E-state index contributed by atoms with van der Waals surface area (Å²) < 4.78 is 0. The van der Waals surface area contributed by atoms with E-state index in [9.17, 15) is 0 Å². The third-order valence-electron chi connectivity index (χ3n) is 1.05. The van der Waals surface area contributed by atoms with Crippen LogP contribution in [0.1, 0.15) is 0 Å². The van der Waals surface area contributed by atoms with Gasteiger partial charge in [-0.1, -0.05) is 11.6 Å². The lowest BCUT2D eigenvalue weighted by Gasteiger charge is -1.98. The fourth-order valence-corrected chi connectivity index (χ4v) is 1.53. The molecule has 1 heterocycles. The topological polar surface area (TPSA) is 33.1 Å². The van der Waals surface area contributed by atoms with Crippen molar-refractivity contribution in [3.05, 3.63) is 23.4 Å². The largest absolute Gasteiger partial charge is 0.396 e. The number of hydrogen-bond donors (Lipinski definition) is 1. The van der Waals surface area contributed by atoms with Crippen LogP contribution in [0.5, 0.6) is 0 Å². The molecule has 0 amide bonds. The standard InChI is InChI=1S/C7H8ClNOS/c8-6-2-1-3-9-7(6)11-5-4-10/h1-3,10H,4-5H2. The number of rotatable bonds is 3. The third kappa shape index (κ3) is 2.69. The Labute approximate surface area is 74.6 Å². The quantitative estimate of drug-likeness (QED) is 0.737. The minimum absolute atomic E-state index is 0.150. The van der Waals surface area contributed by atoms with Crippen LogP contribution >= 0.6 is 23.4 Å². The molecule has 1 aromatic heterocycles. The predicted octanol–water partition coefficient (Wildman–Crippen LogP) is 1.82. The summed E-state index contributed by atoms with van der Waals surface area (Å²) in [6.45, 7) is 0.150. The minimum Gasteiger partial charge on any atom is -0.396 e. The average molecular weight is 190 g/mol. The lowest BCUT2D eigenvalue weighted by molar-refractivity contribution is 0.322. The molecule has 0 unspecified atom stereocenters. The van der Waals surface area contributed by atoms with Gasteiger partial charge in [0.25, 0.3) is 0 Å². The summed E-state index contributed by atoms with van der Waals surface area (Å²) in [6, 6.07) is 3.57. The predicted molar refractivity (Wildman–Crippen MR) is 47.1 cm³/mol. The zero-order valence-corrected chi connectivity index (χ0v) is 7.40. The van der Waals surface area contributed by atoms with Crippen LogP contribution in [0.3, 0.4) is 0 Å². The second-order valence-corrected chi connectivity index (χ2v) is 3.35. The molecule has 1 aromatic rings. The number of hydrogen-bond acceptors (Lipinski definition) is 3. The highest BCUT2D eigenvalue weighted by Gasteiger charge is 1.98. The van der Waals surface area contributed by atoms with Crippen molar-refractivity contribution in [3.63, 3.8) is 0 Å². The maximum Gasteiger partial charge on any atom is 0.115 e. The van der Waals surface area contributed by atoms with E-state index in [1.807, 2.05) is 0 Å². The number of thioether (sulfide) groups is 1. The number of halogens is 1. The SMILES string of the molecule is OCCSc1ncccc1Cl. The summed E-state index contributed by atoms with van der Waals surface area (Å²) in [5, 5.41) is 9.95. The number of aromatic nitrogens is 1. The number of aliphatic hydroxyl groups is 1. The highest BCUT2D eigenvalue weighted by atomic mass is 35.5. The molecule has 0 bridgehead atoms. The zero-order valence-electron chi connectivity index (χ0n) is 5.83. The van der Waals surface area contributed by atoms with E-state index < -0.39 is 0 Å². The van der Waals surface area contributed by atoms with Gasteiger partial charge in [-0.25, -0.2) is 4.98 Å². The normalized spacial score (nSPS) is 10.0. The zero-order chi connectivity index (χ0) is 8.10. The van der Waals surface area contributed by atoms with Crippen molar-refractivity contribution in [2.75, 3.05) is 12.4 Å². The van der Waals surface area contributed by atoms with Crippen molar-refractivity contribution in [2.45, 2.75) is 5.03 Å². The number of aliphatic hydroxyl groups excluding tert-OH is 1. The van der Waals surface area contributed by atoms with E-state index in [4.69, 9.17) is 16.7 Å². The van der Waals surface area contributed by atoms with Crippen molar-refractivity contribution in [1.82, 2.24) is 4.98 Å². The van der Waals surface area contributed by atoms with Crippen molar-refractivity contribution >= 4 is 23.4 Å². The van der Waals surface area contributed by atoms with Crippen LogP contribution in [0.15, 0.2) is 23.4 Å². The van der Waals surface area contributed by atoms with Crippen LogP contribution < -0.4 is 0 Å². The molecule has 0 aliphatic heterocycles. The van der Waals surface area contributed by atoms with Crippen LogP contribution in [0.25, 0.3) is 0 Å². The second-order valence-electron chi connectivity index (χ2n) is 1.86. The van der Waals surface area contributed by atoms with Gasteiger partial charge >= 0.3 is 0 Å². The molecule has 0 aliphatic rings. The van der Waals surface area contributed by atoms with Crippen molar-refractivity contribution in [3.8, 4) is 0 Å². The smallest absolute Gasteiger partial charge is 0.115 e. The molecule has 0 aliphatic carbocycles. The molecule has 1 N–H and O–H groups in total. The van der Waals surface area contributed by atoms with E-state index in [0.717, 1.165) is 5.03 Å². The number of nitrogens with zero attached hydrogens (tertiary/aromatic N) is 1. The molecule has 11 heavy (non-hydrogen) atoms. The molecule has 1 rings (SSSR count). The molecule has 2 nitrogen and oxygen atoms in total. The first-order valence-corrected chi connectivity index (χ1v) is 4.55. The first-order valence-electron chi connectivity index (χ1n) is 3.19. The number of pyridine rings is 1. The van der Waals surface area contributed by atoms with Crippen LogP contribution in [0.4, 0.5) is 0 Å². The summed E-state index contributed by atoms with van der Waals surface area (Å²) in [6.07, 6.45) is 1.69. The highest BCUT2D eigenvalue weighted by Crippen LogP contribution is 2.23. The molecule has 0 spiro atoms. The average Bonchev–Trinajstić information content (AvgIpc) is 2.03. The van der Waals surface area contributed by atoms with Gasteiger partial charge in [0, 0.05) is 11.9 Å². The molecule has 0 aromatic carbocycles. The summed E-state index contributed by atoms with van der Waals surface area (Å²) in [4.78, 5) is 4.04. The lowest BCUT2D eigenvalue weighted by Crippen LogP contribution is -1.87. The van der Waals surface area contributed by atoms with E-state index in [1.165, 1.54) is 11.8 Å². The van der Waals surface area contributed by atoms with Gasteiger partial charge in [-0.2, -0.15) is 0 Å². The Morgan fingerprint density at radius 2 is 2.45 bits per heavy atom. The fourth-order valence-electron chi connectivity index (χ4n) is 0.620. The monoisotopic (exact) mass is 189 g/mol. The molecule has 0 radical (unpaired) electrons. The highest BCUT2D eigenvalue weighted by molar-refractivity contribution is 7.99. The summed E-state index contributed by atoms with van der Waals surface area (Å²) >= 11 is 7.25. The first-order chi connectivity index (χ1) is 5.34. The molecule has 0 fully saturated rings. The van der Waals surface area contributed by atoms with Crippen LogP contribution in [0.2, 0.25) is 5.02 Å². The molecule has 0 saturated carbocycles.